The first-order valence-corrected chi connectivity index (χ1v) is 5.63. The molecule has 1 aromatic rings. The first-order chi connectivity index (χ1) is 8.71. The lowest BCUT2D eigenvalue weighted by atomic mass is 10.1. The molecule has 4 N–H and O–H groups in total. The third-order valence-electron chi connectivity index (χ3n) is 2.00. The van der Waals surface area contributed by atoms with E-state index in [4.69, 9.17) is 10.8 Å². The summed E-state index contributed by atoms with van der Waals surface area (Å²) in [5, 5.41) is 10.3. The first-order valence-electron chi connectivity index (χ1n) is 4.83. The van der Waals surface area contributed by atoms with Gasteiger partial charge >= 0.3 is 12.3 Å². The molecule has 102 valence electrons. The zero-order valence-corrected chi connectivity index (χ0v) is 10.9. The molecule has 1 amide bonds. The van der Waals surface area contributed by atoms with E-state index in [1.165, 1.54) is 6.07 Å². The number of hydrogen-bond acceptors (Lipinski definition) is 2. The van der Waals surface area contributed by atoms with Crippen molar-refractivity contribution in [3.8, 4) is 11.8 Å². The summed E-state index contributed by atoms with van der Waals surface area (Å²) in [5.74, 6) is 4.76. The van der Waals surface area contributed by atoms with Crippen molar-refractivity contribution in [3.63, 3.8) is 0 Å². The molecule has 8 heteroatoms. The zero-order chi connectivity index (χ0) is 14.6. The summed E-state index contributed by atoms with van der Waals surface area (Å²) in [6.45, 7) is -0.206. The Morgan fingerprint density at radius 2 is 2.11 bits per heavy atom. The van der Waals surface area contributed by atoms with Gasteiger partial charge in [-0.05, 0) is 12.1 Å². The number of amides is 1. The molecule has 0 aromatic heterocycles. The lowest BCUT2D eigenvalue weighted by Crippen LogP contribution is -2.20. The van der Waals surface area contributed by atoms with Gasteiger partial charge in [0, 0.05) is 10.0 Å². The summed E-state index contributed by atoms with van der Waals surface area (Å²) in [6, 6.07) is 2.19. The number of carbonyl (C=O) groups is 1. The highest BCUT2D eigenvalue weighted by Gasteiger charge is 2.34. The molecule has 1 rings (SSSR count). The molecule has 0 aliphatic carbocycles. The fourth-order valence-electron chi connectivity index (χ4n) is 1.22. The van der Waals surface area contributed by atoms with E-state index >= 15 is 0 Å². The van der Waals surface area contributed by atoms with Crippen molar-refractivity contribution in [2.75, 3.05) is 12.3 Å². The predicted molar refractivity (Wildman–Crippen MR) is 66.5 cm³/mol. The predicted octanol–water partition coefficient (Wildman–Crippen LogP) is 2.67. The van der Waals surface area contributed by atoms with Crippen LogP contribution in [0.15, 0.2) is 16.6 Å². The standard InChI is InChI=1S/C11H8BrF3N2O2/c12-7-4-6(2-1-3-17-10(18)19)9(16)8(5-7)11(13,14)15/h4-5,17H,3,16H2,(H,18,19). The Morgan fingerprint density at radius 1 is 1.47 bits per heavy atom. The van der Waals surface area contributed by atoms with Gasteiger partial charge in [-0.3, -0.25) is 0 Å². The van der Waals surface area contributed by atoms with E-state index in [1.54, 1.807) is 0 Å². The van der Waals surface area contributed by atoms with E-state index in [-0.39, 0.29) is 16.6 Å². The largest absolute Gasteiger partial charge is 0.465 e. The van der Waals surface area contributed by atoms with Crippen molar-refractivity contribution in [1.29, 1.82) is 0 Å². The van der Waals surface area contributed by atoms with Gasteiger partial charge in [0.1, 0.15) is 0 Å². The molecular weight excluding hydrogens is 329 g/mol. The van der Waals surface area contributed by atoms with Gasteiger partial charge in [-0.15, -0.1) is 0 Å². The molecule has 0 unspecified atom stereocenters. The number of benzene rings is 1. The normalized spacial score (nSPS) is 10.5. The molecule has 0 spiro atoms. The van der Waals surface area contributed by atoms with Crippen molar-refractivity contribution >= 4 is 27.7 Å². The van der Waals surface area contributed by atoms with Crippen LogP contribution in [0.3, 0.4) is 0 Å². The molecule has 0 aliphatic heterocycles. The van der Waals surface area contributed by atoms with Crippen LogP contribution in [0.1, 0.15) is 11.1 Å². The van der Waals surface area contributed by atoms with Crippen LogP contribution in [0.4, 0.5) is 23.7 Å². The average molecular weight is 337 g/mol. The molecule has 4 nitrogen and oxygen atoms in total. The van der Waals surface area contributed by atoms with E-state index in [2.05, 4.69) is 27.8 Å². The number of alkyl halides is 3. The lowest BCUT2D eigenvalue weighted by molar-refractivity contribution is -0.137. The number of hydrogen-bond donors (Lipinski definition) is 3. The summed E-state index contributed by atoms with van der Waals surface area (Å²) in [6.07, 6.45) is -5.85. The van der Waals surface area contributed by atoms with E-state index in [9.17, 15) is 18.0 Å². The van der Waals surface area contributed by atoms with Crippen molar-refractivity contribution in [2.45, 2.75) is 6.18 Å². The molecular formula is C11H8BrF3N2O2. The quantitative estimate of drug-likeness (QED) is 0.545. The van der Waals surface area contributed by atoms with E-state index in [1.807, 2.05) is 5.32 Å². The van der Waals surface area contributed by atoms with E-state index in [0.717, 1.165) is 6.07 Å². The Bertz CT molecular complexity index is 562. The number of rotatable bonds is 1. The first kappa shape index (κ1) is 15.2. The number of nitrogen functional groups attached to an aromatic ring is 1. The molecule has 19 heavy (non-hydrogen) atoms. The van der Waals surface area contributed by atoms with Gasteiger partial charge in [0.2, 0.25) is 0 Å². The van der Waals surface area contributed by atoms with Crippen molar-refractivity contribution < 1.29 is 23.1 Å². The van der Waals surface area contributed by atoms with Gasteiger partial charge in [-0.25, -0.2) is 4.79 Å². The molecule has 0 fully saturated rings. The fraction of sp³-hybridized carbons (Fsp3) is 0.182. The Morgan fingerprint density at radius 3 is 2.63 bits per heavy atom. The minimum atomic E-state index is -4.58. The van der Waals surface area contributed by atoms with Gasteiger partial charge in [-0.2, -0.15) is 13.2 Å². The molecule has 0 saturated heterocycles. The highest BCUT2D eigenvalue weighted by Crippen LogP contribution is 2.36. The average Bonchev–Trinajstić information content (AvgIpc) is 2.26. The zero-order valence-electron chi connectivity index (χ0n) is 9.31. The van der Waals surface area contributed by atoms with Crippen molar-refractivity contribution in [2.24, 2.45) is 0 Å². The Kier molecular flexibility index (Phi) is 4.67. The number of halogens is 4. The Hall–Kier alpha value is -1.88. The van der Waals surface area contributed by atoms with Crippen molar-refractivity contribution in [3.05, 3.63) is 27.7 Å². The third-order valence-corrected chi connectivity index (χ3v) is 2.46. The fourth-order valence-corrected chi connectivity index (χ4v) is 1.67. The monoisotopic (exact) mass is 336 g/mol. The van der Waals surface area contributed by atoms with Crippen LogP contribution in [-0.4, -0.2) is 17.7 Å². The number of carboxylic acid groups (broad SMARTS) is 1. The molecule has 0 atom stereocenters. The van der Waals surface area contributed by atoms with Gasteiger partial charge in [0.15, 0.2) is 0 Å². The Labute approximate surface area is 114 Å². The summed E-state index contributed by atoms with van der Waals surface area (Å²) in [7, 11) is 0. The number of nitrogens with one attached hydrogen (secondary N) is 1. The topological polar surface area (TPSA) is 75.3 Å². The highest BCUT2D eigenvalue weighted by molar-refractivity contribution is 9.10. The van der Waals surface area contributed by atoms with Gasteiger partial charge in [-0.1, -0.05) is 27.8 Å². The summed E-state index contributed by atoms with van der Waals surface area (Å²) in [4.78, 5) is 10.2. The summed E-state index contributed by atoms with van der Waals surface area (Å²) in [5.41, 5.74) is 3.90. The molecule has 0 bridgehead atoms. The van der Waals surface area contributed by atoms with E-state index < -0.39 is 23.5 Å². The smallest absolute Gasteiger partial charge is 0.418 e. The van der Waals surface area contributed by atoms with Gasteiger partial charge in [0.25, 0.3) is 0 Å². The minimum absolute atomic E-state index is 0.0195. The molecule has 1 aromatic carbocycles. The van der Waals surface area contributed by atoms with Gasteiger partial charge in [0.05, 0.1) is 17.8 Å². The van der Waals surface area contributed by atoms with Crippen LogP contribution in [0.25, 0.3) is 0 Å². The third kappa shape index (κ3) is 4.37. The second-order valence-corrected chi connectivity index (χ2v) is 4.29. The molecule has 0 heterocycles. The van der Waals surface area contributed by atoms with Crippen molar-refractivity contribution in [1.82, 2.24) is 5.32 Å². The SMILES string of the molecule is Nc1c(C#CCNC(=O)O)cc(Br)cc1C(F)(F)F. The number of nitrogens with two attached hydrogens (primary N) is 1. The number of anilines is 1. The van der Waals surface area contributed by atoms with Crippen LogP contribution in [0, 0.1) is 11.8 Å². The summed E-state index contributed by atoms with van der Waals surface area (Å²) < 4.78 is 38.2. The van der Waals surface area contributed by atoms with Crippen LogP contribution in [-0.2, 0) is 6.18 Å². The maximum Gasteiger partial charge on any atom is 0.418 e. The Balaban J connectivity index is 3.09. The summed E-state index contributed by atoms with van der Waals surface area (Å²) >= 11 is 2.94. The second-order valence-electron chi connectivity index (χ2n) is 3.37. The highest BCUT2D eigenvalue weighted by atomic mass is 79.9. The van der Waals surface area contributed by atoms with Gasteiger partial charge < -0.3 is 16.2 Å². The maximum absolute atomic E-state index is 12.7. The molecule has 0 radical (unpaired) electrons. The van der Waals surface area contributed by atoms with Crippen LogP contribution in [0.5, 0.6) is 0 Å². The molecule has 0 aliphatic rings. The second kappa shape index (κ2) is 5.84. The van der Waals surface area contributed by atoms with Crippen LogP contribution >= 0.6 is 15.9 Å². The van der Waals surface area contributed by atoms with E-state index in [0.29, 0.717) is 0 Å². The maximum atomic E-state index is 12.7. The minimum Gasteiger partial charge on any atom is -0.465 e. The van der Waals surface area contributed by atoms with Crippen LogP contribution < -0.4 is 11.1 Å². The molecule has 0 saturated carbocycles. The van der Waals surface area contributed by atoms with Crippen LogP contribution in [0.2, 0.25) is 0 Å². The lowest BCUT2D eigenvalue weighted by Gasteiger charge is -2.11.